The van der Waals surface area contributed by atoms with Crippen molar-refractivity contribution >= 4 is 6.29 Å². The first-order valence-electron chi connectivity index (χ1n) is 4.83. The summed E-state index contributed by atoms with van der Waals surface area (Å²) in [5.74, 6) is 0. The lowest BCUT2D eigenvalue weighted by Crippen LogP contribution is -1.96. The minimum Gasteiger partial charge on any atom is -0.377 e. The lowest BCUT2D eigenvalue weighted by molar-refractivity contribution is -0.107. The highest BCUT2D eigenvalue weighted by Gasteiger charge is 2.02. The molecule has 0 aliphatic carbocycles. The van der Waals surface area contributed by atoms with Crippen molar-refractivity contribution in [3.05, 3.63) is 35.4 Å². The van der Waals surface area contributed by atoms with E-state index >= 15 is 0 Å². The fraction of sp³-hybridized carbons (Fsp3) is 0.417. The molecular weight excluding hydrogens is 176 g/mol. The minimum absolute atomic E-state index is 0.134. The molecule has 0 fully saturated rings. The molecule has 0 spiro atoms. The van der Waals surface area contributed by atoms with Gasteiger partial charge < -0.3 is 9.53 Å². The fourth-order valence-electron chi connectivity index (χ4n) is 1.32. The molecule has 0 amide bonds. The predicted octanol–water partition coefficient (Wildman–Crippen LogP) is 2.53. The van der Waals surface area contributed by atoms with Gasteiger partial charge in [-0.25, -0.2) is 0 Å². The summed E-state index contributed by atoms with van der Waals surface area (Å²) in [5.41, 5.74) is 2.37. The van der Waals surface area contributed by atoms with Crippen molar-refractivity contribution in [2.24, 2.45) is 0 Å². The average Bonchev–Trinajstić information content (AvgIpc) is 2.26. The van der Waals surface area contributed by atoms with Crippen molar-refractivity contribution in [3.8, 4) is 0 Å². The van der Waals surface area contributed by atoms with E-state index in [9.17, 15) is 4.79 Å². The van der Waals surface area contributed by atoms with Crippen LogP contribution in [0.25, 0.3) is 0 Å². The van der Waals surface area contributed by atoms with Crippen LogP contribution >= 0.6 is 0 Å². The zero-order valence-electron chi connectivity index (χ0n) is 8.69. The molecule has 2 nitrogen and oxygen atoms in total. The van der Waals surface area contributed by atoms with Crippen molar-refractivity contribution in [2.75, 3.05) is 7.11 Å². The lowest BCUT2D eigenvalue weighted by atomic mass is 10.1. The highest BCUT2D eigenvalue weighted by molar-refractivity contribution is 5.50. The average molecular weight is 192 g/mol. The maximum absolute atomic E-state index is 10.2. The Kier molecular flexibility index (Phi) is 4.33. The largest absolute Gasteiger partial charge is 0.377 e. The van der Waals surface area contributed by atoms with Crippen LogP contribution in [-0.2, 0) is 16.0 Å². The summed E-state index contributed by atoms with van der Waals surface area (Å²) in [5, 5.41) is 0. The van der Waals surface area contributed by atoms with Crippen molar-refractivity contribution in [3.63, 3.8) is 0 Å². The number of carbonyl (C=O) groups excluding carboxylic acids is 1. The first-order chi connectivity index (χ1) is 6.77. The Bertz CT molecular complexity index is 277. The third-order valence-corrected chi connectivity index (χ3v) is 2.35. The molecule has 14 heavy (non-hydrogen) atoms. The Morgan fingerprint density at radius 1 is 1.36 bits per heavy atom. The van der Waals surface area contributed by atoms with E-state index in [1.807, 2.05) is 31.2 Å². The third kappa shape index (κ3) is 2.96. The molecule has 2 heteroatoms. The number of rotatable bonds is 5. The standard InChI is InChI=1S/C12H16O2/c1-10(14-2)12-7-5-11(6-8-12)4-3-9-13/h5-10H,3-4H2,1-2H3. The van der Waals surface area contributed by atoms with Gasteiger partial charge in [0.15, 0.2) is 0 Å². The SMILES string of the molecule is COC(C)c1ccc(CCC=O)cc1. The Morgan fingerprint density at radius 3 is 2.50 bits per heavy atom. The molecule has 0 saturated heterocycles. The van der Waals surface area contributed by atoms with E-state index in [1.165, 1.54) is 11.1 Å². The van der Waals surface area contributed by atoms with Crippen LogP contribution in [0.2, 0.25) is 0 Å². The number of aldehydes is 1. The molecule has 0 bridgehead atoms. The second kappa shape index (κ2) is 5.55. The molecule has 1 atom stereocenters. The number of carbonyl (C=O) groups is 1. The summed E-state index contributed by atoms with van der Waals surface area (Å²) >= 11 is 0. The Hall–Kier alpha value is -1.15. The summed E-state index contributed by atoms with van der Waals surface area (Å²) in [6, 6.07) is 8.20. The Morgan fingerprint density at radius 2 is 2.00 bits per heavy atom. The molecular formula is C12H16O2. The van der Waals surface area contributed by atoms with E-state index in [4.69, 9.17) is 4.74 Å². The zero-order valence-corrected chi connectivity index (χ0v) is 8.69. The monoisotopic (exact) mass is 192 g/mol. The number of hydrogen-bond donors (Lipinski definition) is 0. The second-order valence-electron chi connectivity index (χ2n) is 3.32. The maximum atomic E-state index is 10.2. The van der Waals surface area contributed by atoms with Crippen LogP contribution in [0.4, 0.5) is 0 Å². The predicted molar refractivity (Wildman–Crippen MR) is 56.3 cm³/mol. The van der Waals surface area contributed by atoms with Gasteiger partial charge in [-0.3, -0.25) is 0 Å². The smallest absolute Gasteiger partial charge is 0.120 e. The molecule has 0 aromatic heterocycles. The van der Waals surface area contributed by atoms with Gasteiger partial charge in [-0.2, -0.15) is 0 Å². The molecule has 1 aromatic rings. The molecule has 1 rings (SSSR count). The van der Waals surface area contributed by atoms with Gasteiger partial charge in [-0.15, -0.1) is 0 Å². The molecule has 1 unspecified atom stereocenters. The number of ether oxygens (including phenoxy) is 1. The highest BCUT2D eigenvalue weighted by atomic mass is 16.5. The van der Waals surface area contributed by atoms with Crippen LogP contribution in [0.15, 0.2) is 24.3 Å². The van der Waals surface area contributed by atoms with E-state index in [0.717, 1.165) is 12.7 Å². The van der Waals surface area contributed by atoms with Gasteiger partial charge >= 0.3 is 0 Å². The summed E-state index contributed by atoms with van der Waals surface area (Å²) in [4.78, 5) is 10.2. The summed E-state index contributed by atoms with van der Waals surface area (Å²) in [6.45, 7) is 2.01. The summed E-state index contributed by atoms with van der Waals surface area (Å²) in [6.07, 6.45) is 2.51. The van der Waals surface area contributed by atoms with Crippen molar-refractivity contribution < 1.29 is 9.53 Å². The van der Waals surface area contributed by atoms with Crippen LogP contribution < -0.4 is 0 Å². The second-order valence-corrected chi connectivity index (χ2v) is 3.32. The summed E-state index contributed by atoms with van der Waals surface area (Å²) < 4.78 is 5.20. The van der Waals surface area contributed by atoms with Gasteiger partial charge in [0.2, 0.25) is 0 Å². The van der Waals surface area contributed by atoms with Crippen molar-refractivity contribution in [1.82, 2.24) is 0 Å². The normalized spacial score (nSPS) is 12.4. The van der Waals surface area contributed by atoms with Gasteiger partial charge in [-0.1, -0.05) is 24.3 Å². The Balaban J connectivity index is 2.63. The molecule has 0 aliphatic rings. The zero-order chi connectivity index (χ0) is 10.4. The molecule has 1 aromatic carbocycles. The Labute approximate surface area is 84.9 Å². The van der Waals surface area contributed by atoms with Crippen molar-refractivity contribution in [2.45, 2.75) is 25.9 Å². The maximum Gasteiger partial charge on any atom is 0.120 e. The topological polar surface area (TPSA) is 26.3 Å². The van der Waals surface area contributed by atoms with Crippen molar-refractivity contribution in [1.29, 1.82) is 0 Å². The van der Waals surface area contributed by atoms with Crippen LogP contribution in [0.1, 0.15) is 30.6 Å². The van der Waals surface area contributed by atoms with E-state index in [1.54, 1.807) is 7.11 Å². The van der Waals surface area contributed by atoms with E-state index in [-0.39, 0.29) is 6.10 Å². The van der Waals surface area contributed by atoms with E-state index in [2.05, 4.69) is 0 Å². The first kappa shape index (κ1) is 10.9. The fourth-order valence-corrected chi connectivity index (χ4v) is 1.32. The van der Waals surface area contributed by atoms with Gasteiger partial charge in [-0.05, 0) is 24.5 Å². The quantitative estimate of drug-likeness (QED) is 0.670. The van der Waals surface area contributed by atoms with Gasteiger partial charge in [0.25, 0.3) is 0 Å². The van der Waals surface area contributed by atoms with Gasteiger partial charge in [0, 0.05) is 13.5 Å². The van der Waals surface area contributed by atoms with Crippen LogP contribution in [-0.4, -0.2) is 13.4 Å². The molecule has 0 N–H and O–H groups in total. The minimum atomic E-state index is 0.134. The molecule has 0 aliphatic heterocycles. The van der Waals surface area contributed by atoms with Crippen LogP contribution in [0, 0.1) is 0 Å². The molecule has 0 heterocycles. The molecule has 0 radical (unpaired) electrons. The number of hydrogen-bond acceptors (Lipinski definition) is 2. The van der Waals surface area contributed by atoms with Gasteiger partial charge in [0.1, 0.15) is 6.29 Å². The van der Waals surface area contributed by atoms with Crippen LogP contribution in [0.3, 0.4) is 0 Å². The van der Waals surface area contributed by atoms with E-state index < -0.39 is 0 Å². The van der Waals surface area contributed by atoms with E-state index in [0.29, 0.717) is 6.42 Å². The molecule has 0 saturated carbocycles. The van der Waals surface area contributed by atoms with Crippen LogP contribution in [0.5, 0.6) is 0 Å². The number of aryl methyl sites for hydroxylation is 1. The number of methoxy groups -OCH3 is 1. The highest BCUT2D eigenvalue weighted by Crippen LogP contribution is 2.16. The molecule has 76 valence electrons. The lowest BCUT2D eigenvalue weighted by Gasteiger charge is -2.09. The third-order valence-electron chi connectivity index (χ3n) is 2.35. The summed E-state index contributed by atoms with van der Waals surface area (Å²) in [7, 11) is 1.70. The number of benzene rings is 1. The van der Waals surface area contributed by atoms with Gasteiger partial charge in [0.05, 0.1) is 6.10 Å². The first-order valence-corrected chi connectivity index (χ1v) is 4.83.